The van der Waals surface area contributed by atoms with Gasteiger partial charge in [-0.25, -0.2) is 0 Å². The Hall–Kier alpha value is -1.04. The number of hydrogen-bond acceptors (Lipinski definition) is 2. The molecule has 0 saturated heterocycles. The van der Waals surface area contributed by atoms with Crippen LogP contribution in [0.4, 0.5) is 13.2 Å². The summed E-state index contributed by atoms with van der Waals surface area (Å²) in [6, 6.07) is 0. The first-order valence-corrected chi connectivity index (χ1v) is 3.37. The summed E-state index contributed by atoms with van der Waals surface area (Å²) in [5.74, 6) is -4.40. The van der Waals surface area contributed by atoms with Crippen molar-refractivity contribution in [3.8, 4) is 0 Å². The number of hydrogen-bond donors (Lipinski definition) is 1. The third kappa shape index (κ3) is 4.51. The molecule has 3 nitrogen and oxygen atoms in total. The second-order valence-electron chi connectivity index (χ2n) is 2.26. The van der Waals surface area contributed by atoms with E-state index in [2.05, 4.69) is 11.3 Å². The lowest BCUT2D eigenvalue weighted by atomic mass is 10.1. The van der Waals surface area contributed by atoms with E-state index in [1.165, 1.54) is 6.08 Å². The Labute approximate surface area is 72.8 Å². The van der Waals surface area contributed by atoms with Crippen LogP contribution in [-0.2, 0) is 9.53 Å². The molecule has 13 heavy (non-hydrogen) atoms. The van der Waals surface area contributed by atoms with Gasteiger partial charge in [-0.05, 0) is 0 Å². The van der Waals surface area contributed by atoms with Crippen LogP contribution in [0.5, 0.6) is 0 Å². The van der Waals surface area contributed by atoms with Crippen molar-refractivity contribution in [1.82, 2.24) is 0 Å². The molecule has 0 radical (unpaired) electrons. The molecule has 0 saturated carbocycles. The van der Waals surface area contributed by atoms with Gasteiger partial charge in [0.05, 0.1) is 13.2 Å². The van der Waals surface area contributed by atoms with Crippen molar-refractivity contribution in [3.63, 3.8) is 0 Å². The van der Waals surface area contributed by atoms with Crippen molar-refractivity contribution < 1.29 is 27.8 Å². The van der Waals surface area contributed by atoms with E-state index in [-0.39, 0.29) is 6.61 Å². The highest BCUT2D eigenvalue weighted by atomic mass is 19.4. The van der Waals surface area contributed by atoms with E-state index in [0.717, 1.165) is 0 Å². The molecule has 0 heterocycles. The standard InChI is InChI=1S/C7H9F3O3/c1-2-3-13-4-5(6(11)12)7(8,9)10/h2,5H,1,3-4H2,(H,11,12). The van der Waals surface area contributed by atoms with Crippen molar-refractivity contribution in [2.45, 2.75) is 6.18 Å². The van der Waals surface area contributed by atoms with Crippen LogP contribution >= 0.6 is 0 Å². The van der Waals surface area contributed by atoms with Crippen molar-refractivity contribution in [2.75, 3.05) is 13.2 Å². The second kappa shape index (κ2) is 4.86. The normalized spacial score (nSPS) is 13.8. The summed E-state index contributed by atoms with van der Waals surface area (Å²) in [6.07, 6.45) is -3.53. The Kier molecular flexibility index (Phi) is 4.47. The molecule has 0 aliphatic rings. The van der Waals surface area contributed by atoms with Crippen LogP contribution in [0.1, 0.15) is 0 Å². The summed E-state index contributed by atoms with van der Waals surface area (Å²) < 4.78 is 40.1. The Balaban J connectivity index is 4.12. The molecule has 6 heteroatoms. The van der Waals surface area contributed by atoms with Gasteiger partial charge in [-0.15, -0.1) is 6.58 Å². The van der Waals surface area contributed by atoms with Gasteiger partial charge in [0.15, 0.2) is 5.92 Å². The molecule has 1 N–H and O–H groups in total. The fourth-order valence-electron chi connectivity index (χ4n) is 0.575. The third-order valence-corrected chi connectivity index (χ3v) is 1.21. The monoisotopic (exact) mass is 198 g/mol. The van der Waals surface area contributed by atoms with E-state index in [0.29, 0.717) is 0 Å². The van der Waals surface area contributed by atoms with Crippen molar-refractivity contribution in [3.05, 3.63) is 12.7 Å². The number of carboxylic acids is 1. The van der Waals surface area contributed by atoms with Gasteiger partial charge in [0.25, 0.3) is 0 Å². The smallest absolute Gasteiger partial charge is 0.404 e. The quantitative estimate of drug-likeness (QED) is 0.537. The van der Waals surface area contributed by atoms with Crippen LogP contribution < -0.4 is 0 Å². The summed E-state index contributed by atoms with van der Waals surface area (Å²) in [7, 11) is 0. The van der Waals surface area contributed by atoms with E-state index < -0.39 is 24.7 Å². The molecule has 1 atom stereocenters. The largest absolute Gasteiger partial charge is 0.481 e. The number of carbonyl (C=O) groups is 1. The molecule has 0 spiro atoms. The Morgan fingerprint density at radius 3 is 2.46 bits per heavy atom. The highest BCUT2D eigenvalue weighted by Gasteiger charge is 2.45. The SMILES string of the molecule is C=CCOCC(C(=O)O)C(F)(F)F. The van der Waals surface area contributed by atoms with Gasteiger partial charge < -0.3 is 9.84 Å². The molecule has 0 aromatic rings. The highest BCUT2D eigenvalue weighted by molar-refractivity contribution is 5.71. The minimum atomic E-state index is -4.77. The summed E-state index contributed by atoms with van der Waals surface area (Å²) in [5, 5.41) is 8.18. The lowest BCUT2D eigenvalue weighted by molar-refractivity contribution is -0.202. The predicted octanol–water partition coefficient (Wildman–Crippen LogP) is 1.45. The van der Waals surface area contributed by atoms with E-state index >= 15 is 0 Å². The van der Waals surface area contributed by atoms with Gasteiger partial charge in [0, 0.05) is 0 Å². The molecule has 1 unspecified atom stereocenters. The maximum atomic E-state index is 11.9. The average Bonchev–Trinajstić information content (AvgIpc) is 1.94. The minimum Gasteiger partial charge on any atom is -0.481 e. The summed E-state index contributed by atoms with van der Waals surface area (Å²) >= 11 is 0. The Morgan fingerprint density at radius 1 is 1.62 bits per heavy atom. The number of halogens is 3. The van der Waals surface area contributed by atoms with Crippen molar-refractivity contribution >= 4 is 5.97 Å². The zero-order valence-corrected chi connectivity index (χ0v) is 6.67. The molecule has 0 rings (SSSR count). The average molecular weight is 198 g/mol. The van der Waals surface area contributed by atoms with Crippen LogP contribution in [0, 0.1) is 5.92 Å². The molecule has 0 fully saturated rings. The molecular weight excluding hydrogens is 189 g/mol. The van der Waals surface area contributed by atoms with E-state index in [1.54, 1.807) is 0 Å². The number of aliphatic carboxylic acids is 1. The third-order valence-electron chi connectivity index (χ3n) is 1.21. The summed E-state index contributed by atoms with van der Waals surface area (Å²) in [5.41, 5.74) is 0. The number of rotatable bonds is 5. The predicted molar refractivity (Wildman–Crippen MR) is 38.2 cm³/mol. The molecule has 0 aromatic carbocycles. The second-order valence-corrected chi connectivity index (χ2v) is 2.26. The molecular formula is C7H9F3O3. The van der Waals surface area contributed by atoms with Gasteiger partial charge in [-0.2, -0.15) is 13.2 Å². The number of carboxylic acid groups (broad SMARTS) is 1. The zero-order chi connectivity index (χ0) is 10.5. The fourth-order valence-corrected chi connectivity index (χ4v) is 0.575. The lowest BCUT2D eigenvalue weighted by Gasteiger charge is -2.15. The maximum Gasteiger partial charge on any atom is 0.404 e. The van der Waals surface area contributed by atoms with Gasteiger partial charge >= 0.3 is 12.1 Å². The van der Waals surface area contributed by atoms with Crippen LogP contribution in [0.3, 0.4) is 0 Å². The molecule has 0 aliphatic heterocycles. The first kappa shape index (κ1) is 12.0. The van der Waals surface area contributed by atoms with Crippen LogP contribution in [0.25, 0.3) is 0 Å². The minimum absolute atomic E-state index is 0.0974. The summed E-state index contributed by atoms with van der Waals surface area (Å²) in [4.78, 5) is 10.1. The van der Waals surface area contributed by atoms with Crippen molar-refractivity contribution in [2.24, 2.45) is 5.92 Å². The molecule has 0 amide bonds. The Bertz CT molecular complexity index is 188. The van der Waals surface area contributed by atoms with Crippen LogP contribution in [0.2, 0.25) is 0 Å². The topological polar surface area (TPSA) is 46.5 Å². The van der Waals surface area contributed by atoms with Gasteiger partial charge in [0.2, 0.25) is 0 Å². The summed E-state index contributed by atoms with van der Waals surface area (Å²) in [6.45, 7) is 2.23. The van der Waals surface area contributed by atoms with Crippen molar-refractivity contribution in [1.29, 1.82) is 0 Å². The van der Waals surface area contributed by atoms with Crippen LogP contribution in [-0.4, -0.2) is 30.5 Å². The molecule has 0 aromatic heterocycles. The van der Waals surface area contributed by atoms with E-state index in [9.17, 15) is 18.0 Å². The number of alkyl halides is 3. The van der Waals surface area contributed by atoms with Gasteiger partial charge in [0.1, 0.15) is 0 Å². The molecule has 0 aliphatic carbocycles. The van der Waals surface area contributed by atoms with E-state index in [1.807, 2.05) is 0 Å². The zero-order valence-electron chi connectivity index (χ0n) is 6.67. The lowest BCUT2D eigenvalue weighted by Crippen LogP contribution is -2.34. The maximum absolute atomic E-state index is 11.9. The fraction of sp³-hybridized carbons (Fsp3) is 0.571. The van der Waals surface area contributed by atoms with Gasteiger partial charge in [-0.1, -0.05) is 6.08 Å². The molecule has 0 bridgehead atoms. The van der Waals surface area contributed by atoms with E-state index in [4.69, 9.17) is 5.11 Å². The first-order chi connectivity index (χ1) is 5.89. The highest BCUT2D eigenvalue weighted by Crippen LogP contribution is 2.26. The van der Waals surface area contributed by atoms with Gasteiger partial charge in [-0.3, -0.25) is 4.79 Å². The molecule has 76 valence electrons. The van der Waals surface area contributed by atoms with Crippen LogP contribution in [0.15, 0.2) is 12.7 Å². The Morgan fingerprint density at radius 2 is 2.15 bits per heavy atom. The number of ether oxygens (including phenoxy) is 1. The first-order valence-electron chi connectivity index (χ1n) is 3.37.